The van der Waals surface area contributed by atoms with Gasteiger partial charge in [0.05, 0.1) is 12.3 Å². The first-order chi connectivity index (χ1) is 19.6. The van der Waals surface area contributed by atoms with Crippen molar-refractivity contribution in [1.29, 1.82) is 0 Å². The monoisotopic (exact) mass is 582 g/mol. The van der Waals surface area contributed by atoms with Crippen molar-refractivity contribution in [2.45, 2.75) is 91.6 Å². The summed E-state index contributed by atoms with van der Waals surface area (Å²) in [5.41, 5.74) is -1.57. The summed E-state index contributed by atoms with van der Waals surface area (Å²) in [6.07, 6.45) is 4.26. The van der Waals surface area contributed by atoms with E-state index in [9.17, 15) is 24.0 Å². The quantitative estimate of drug-likeness (QED) is 0.267. The van der Waals surface area contributed by atoms with E-state index in [1.165, 1.54) is 20.8 Å². The molecule has 3 rings (SSSR count). The number of rotatable bonds is 6. The molecule has 2 aliphatic carbocycles. The van der Waals surface area contributed by atoms with Crippen LogP contribution in [0.15, 0.2) is 54.6 Å². The number of ketones is 1. The van der Waals surface area contributed by atoms with Crippen molar-refractivity contribution in [1.82, 2.24) is 0 Å². The van der Waals surface area contributed by atoms with Gasteiger partial charge in [0.25, 0.3) is 0 Å². The molecule has 0 aromatic heterocycles. The number of hydrogen-bond donors (Lipinski definition) is 0. The zero-order chi connectivity index (χ0) is 31.2. The summed E-state index contributed by atoms with van der Waals surface area (Å²) < 4.78 is 23.6. The molecule has 228 valence electrons. The average Bonchev–Trinajstić information content (AvgIpc) is 3.13. The summed E-state index contributed by atoms with van der Waals surface area (Å²) in [7, 11) is 0. The normalized spacial score (nSPS) is 30.7. The van der Waals surface area contributed by atoms with Crippen LogP contribution >= 0.6 is 0 Å². The Bertz CT molecular complexity index is 1230. The van der Waals surface area contributed by atoms with Crippen molar-refractivity contribution in [2.75, 3.05) is 0 Å². The first-order valence-electron chi connectivity index (χ1n) is 14.3. The van der Waals surface area contributed by atoms with Crippen LogP contribution in [0.2, 0.25) is 0 Å². The lowest BCUT2D eigenvalue weighted by molar-refractivity contribution is -0.196. The van der Waals surface area contributed by atoms with E-state index in [4.69, 9.17) is 18.9 Å². The molecule has 1 fully saturated rings. The van der Waals surface area contributed by atoms with Gasteiger partial charge in [0.1, 0.15) is 24.1 Å². The molecule has 42 heavy (non-hydrogen) atoms. The molecule has 2 aliphatic rings. The van der Waals surface area contributed by atoms with Crippen LogP contribution < -0.4 is 0 Å². The third kappa shape index (κ3) is 7.95. The van der Waals surface area contributed by atoms with Gasteiger partial charge in [0.15, 0.2) is 5.60 Å². The zero-order valence-corrected chi connectivity index (χ0v) is 25.5. The number of benzene rings is 1. The van der Waals surface area contributed by atoms with Crippen LogP contribution in [0.4, 0.5) is 0 Å². The third-order valence-corrected chi connectivity index (χ3v) is 7.94. The first kappa shape index (κ1) is 32.8. The summed E-state index contributed by atoms with van der Waals surface area (Å²) in [6.45, 7) is 11.0. The Morgan fingerprint density at radius 1 is 0.857 bits per heavy atom. The van der Waals surface area contributed by atoms with E-state index < -0.39 is 65.0 Å². The summed E-state index contributed by atoms with van der Waals surface area (Å²) >= 11 is 0. The molecule has 0 unspecified atom stereocenters. The van der Waals surface area contributed by atoms with Crippen molar-refractivity contribution in [3.8, 4) is 0 Å². The van der Waals surface area contributed by atoms with E-state index >= 15 is 0 Å². The van der Waals surface area contributed by atoms with Crippen LogP contribution in [0.25, 0.3) is 0 Å². The summed E-state index contributed by atoms with van der Waals surface area (Å²) in [4.78, 5) is 63.5. The molecule has 7 atom stereocenters. The second kappa shape index (κ2) is 13.5. The number of fused-ring (bicyclic) bond motifs is 1. The molecule has 1 aromatic rings. The topological polar surface area (TPSA) is 122 Å². The number of ether oxygens (including phenoxy) is 4. The highest BCUT2D eigenvalue weighted by Crippen LogP contribution is 2.50. The summed E-state index contributed by atoms with van der Waals surface area (Å²) in [5, 5.41) is 0. The van der Waals surface area contributed by atoms with Crippen molar-refractivity contribution >= 4 is 29.7 Å². The van der Waals surface area contributed by atoms with E-state index in [2.05, 4.69) is 0 Å². The number of carbonyl (C=O) groups excluding carboxylic acids is 5. The van der Waals surface area contributed by atoms with E-state index in [-0.39, 0.29) is 31.0 Å². The summed E-state index contributed by atoms with van der Waals surface area (Å²) in [6, 6.07) is 9.17. The van der Waals surface area contributed by atoms with Crippen LogP contribution in [0.3, 0.4) is 0 Å². The molecule has 0 bridgehead atoms. The van der Waals surface area contributed by atoms with Gasteiger partial charge in [-0.05, 0) is 37.8 Å². The van der Waals surface area contributed by atoms with Gasteiger partial charge in [-0.2, -0.15) is 0 Å². The molecule has 0 saturated heterocycles. The Balaban J connectivity index is 2.18. The van der Waals surface area contributed by atoms with E-state index in [1.807, 2.05) is 44.2 Å². The van der Waals surface area contributed by atoms with E-state index in [0.717, 1.165) is 5.56 Å². The molecule has 9 nitrogen and oxygen atoms in total. The van der Waals surface area contributed by atoms with Crippen LogP contribution in [-0.2, 0) is 49.3 Å². The molecular formula is C33H42O9. The maximum atomic E-state index is 13.3. The van der Waals surface area contributed by atoms with Crippen LogP contribution in [0.1, 0.15) is 66.9 Å². The molecule has 1 saturated carbocycles. The van der Waals surface area contributed by atoms with Crippen LogP contribution in [0.5, 0.6) is 0 Å². The number of hydrogen-bond acceptors (Lipinski definition) is 9. The molecule has 0 N–H and O–H groups in total. The van der Waals surface area contributed by atoms with Gasteiger partial charge in [0, 0.05) is 38.5 Å². The van der Waals surface area contributed by atoms with Crippen molar-refractivity contribution in [2.24, 2.45) is 23.2 Å². The Kier molecular flexibility index (Phi) is 10.5. The maximum Gasteiger partial charge on any atom is 0.310 e. The molecule has 0 radical (unpaired) electrons. The number of allylic oxidation sites excluding steroid dienone is 1. The molecule has 9 heteroatoms. The highest BCUT2D eigenvalue weighted by molar-refractivity contribution is 5.86. The largest absolute Gasteiger partial charge is 0.461 e. The second-order valence-corrected chi connectivity index (χ2v) is 12.0. The standard InChI is InChI=1S/C33H42O9/c1-20-15-16-32(6,7)28(37)18-26(39-22(3)34)13-14-27-30(41-29(38)17-25-11-9-8-10-12-25)21(2)19-33(27,42-24(5)36)31(20)40-23(4)35/h8-16,20-21,26-27,30-31H,17-19H2,1-7H3/t20-,21+,26+,27+,30+,31+,33-/m1/s1. The minimum Gasteiger partial charge on any atom is -0.461 e. The van der Waals surface area contributed by atoms with Crippen molar-refractivity contribution < 1.29 is 42.9 Å². The molecule has 0 spiro atoms. The Morgan fingerprint density at radius 2 is 1.50 bits per heavy atom. The third-order valence-electron chi connectivity index (χ3n) is 7.94. The first-order valence-corrected chi connectivity index (χ1v) is 14.3. The fourth-order valence-electron chi connectivity index (χ4n) is 6.02. The minimum atomic E-state index is -1.43. The highest BCUT2D eigenvalue weighted by atomic mass is 16.6. The lowest BCUT2D eigenvalue weighted by Crippen LogP contribution is -2.54. The fraction of sp³-hybridized carbons (Fsp3) is 0.545. The molecule has 0 heterocycles. The van der Waals surface area contributed by atoms with Crippen molar-refractivity contribution in [3.63, 3.8) is 0 Å². The van der Waals surface area contributed by atoms with Gasteiger partial charge in [0.2, 0.25) is 0 Å². The van der Waals surface area contributed by atoms with Gasteiger partial charge >= 0.3 is 23.9 Å². The second-order valence-electron chi connectivity index (χ2n) is 12.0. The minimum absolute atomic E-state index is 0.0350. The molecule has 0 aliphatic heterocycles. The fourth-order valence-corrected chi connectivity index (χ4v) is 6.02. The highest BCUT2D eigenvalue weighted by Gasteiger charge is 2.61. The predicted octanol–water partition coefficient (Wildman–Crippen LogP) is 4.71. The van der Waals surface area contributed by atoms with Gasteiger partial charge in [-0.3, -0.25) is 24.0 Å². The SMILES string of the molecule is CC(=O)O[C@H]1C=C[C@H]2[C@@H](OC(=O)Cc3ccccc3)[C@@H](C)C[C@]2(OC(C)=O)[C@@H](OC(C)=O)[C@H](C)C=CC(C)(C)C(=O)C1. The van der Waals surface area contributed by atoms with Gasteiger partial charge < -0.3 is 18.9 Å². The van der Waals surface area contributed by atoms with E-state index in [1.54, 1.807) is 38.2 Å². The lowest BCUT2D eigenvalue weighted by atomic mass is 9.76. The zero-order valence-electron chi connectivity index (χ0n) is 25.5. The Labute approximate surface area is 247 Å². The number of carbonyl (C=O) groups is 5. The average molecular weight is 583 g/mol. The molecule has 1 aromatic carbocycles. The lowest BCUT2D eigenvalue weighted by Gasteiger charge is -2.42. The number of esters is 4. The smallest absolute Gasteiger partial charge is 0.310 e. The molecule has 0 amide bonds. The Morgan fingerprint density at radius 3 is 2.10 bits per heavy atom. The van der Waals surface area contributed by atoms with E-state index in [0.29, 0.717) is 0 Å². The van der Waals surface area contributed by atoms with Gasteiger partial charge in [-0.25, -0.2) is 0 Å². The van der Waals surface area contributed by atoms with Gasteiger partial charge in [-0.15, -0.1) is 0 Å². The van der Waals surface area contributed by atoms with Crippen LogP contribution in [-0.4, -0.2) is 53.6 Å². The molecular weight excluding hydrogens is 540 g/mol. The predicted molar refractivity (Wildman–Crippen MR) is 154 cm³/mol. The maximum absolute atomic E-state index is 13.3. The summed E-state index contributed by atoms with van der Waals surface area (Å²) in [5.74, 6) is -3.98. The van der Waals surface area contributed by atoms with Crippen LogP contribution in [0, 0.1) is 23.2 Å². The van der Waals surface area contributed by atoms with Crippen molar-refractivity contribution in [3.05, 3.63) is 60.2 Å². The Hall–Kier alpha value is -3.75. The van der Waals surface area contributed by atoms with Gasteiger partial charge in [-0.1, -0.05) is 62.4 Å². The number of Topliss-reactive ketones (excluding diaryl/α,β-unsaturated/α-hetero) is 1.